The third kappa shape index (κ3) is 4.32. The first-order valence-electron chi connectivity index (χ1n) is 8.08. The molecule has 1 aromatic carbocycles. The summed E-state index contributed by atoms with van der Waals surface area (Å²) >= 11 is 5.86. The molecule has 3 rings (SSSR count). The van der Waals surface area contributed by atoms with Gasteiger partial charge in [-0.25, -0.2) is 0 Å². The molecule has 0 aliphatic rings. The molecule has 0 fully saturated rings. The molecule has 0 spiro atoms. The molecule has 2 aromatic heterocycles. The van der Waals surface area contributed by atoms with Gasteiger partial charge in [-0.1, -0.05) is 23.7 Å². The zero-order chi connectivity index (χ0) is 19.6. The van der Waals surface area contributed by atoms with E-state index in [9.17, 15) is 14.9 Å². The van der Waals surface area contributed by atoms with Gasteiger partial charge in [-0.2, -0.15) is 10.2 Å². The molecule has 1 N–H and O–H groups in total. The topological polar surface area (TPSA) is 108 Å². The lowest BCUT2D eigenvalue weighted by molar-refractivity contribution is -0.386. The number of rotatable bonds is 6. The summed E-state index contributed by atoms with van der Waals surface area (Å²) in [5.41, 5.74) is 2.12. The lowest BCUT2D eigenvalue weighted by Gasteiger charge is -2.08. The van der Waals surface area contributed by atoms with Gasteiger partial charge in [-0.15, -0.1) is 0 Å². The number of carbonyl (C=O) groups excluding carboxylic acids is 1. The summed E-state index contributed by atoms with van der Waals surface area (Å²) in [5.74, 6) is -0.324. The molecular weight excluding hydrogens is 372 g/mol. The van der Waals surface area contributed by atoms with Gasteiger partial charge in [-0.3, -0.25) is 24.3 Å². The van der Waals surface area contributed by atoms with Crippen molar-refractivity contribution in [1.82, 2.24) is 19.6 Å². The van der Waals surface area contributed by atoms with Crippen LogP contribution in [0, 0.1) is 24.0 Å². The van der Waals surface area contributed by atoms with Crippen molar-refractivity contribution in [2.45, 2.75) is 26.9 Å². The van der Waals surface area contributed by atoms with Gasteiger partial charge in [0.1, 0.15) is 17.9 Å². The van der Waals surface area contributed by atoms with Crippen LogP contribution >= 0.6 is 11.6 Å². The van der Waals surface area contributed by atoms with E-state index in [0.717, 1.165) is 5.56 Å². The fourth-order valence-corrected chi connectivity index (χ4v) is 2.96. The highest BCUT2D eigenvalue weighted by Gasteiger charge is 2.22. The fourth-order valence-electron chi connectivity index (χ4n) is 2.80. The Hall–Kier alpha value is -3.20. The second-order valence-corrected chi connectivity index (χ2v) is 6.48. The van der Waals surface area contributed by atoms with Gasteiger partial charge in [0, 0.05) is 11.9 Å². The lowest BCUT2D eigenvalue weighted by atomic mass is 10.2. The molecule has 9 nitrogen and oxygen atoms in total. The zero-order valence-electron chi connectivity index (χ0n) is 14.7. The smallest absolute Gasteiger partial charge is 0.312 e. The number of amides is 1. The minimum atomic E-state index is -0.489. The molecule has 27 heavy (non-hydrogen) atoms. The standard InChI is InChI=1S/C17H17ClN6O3/c1-11-17(24(26)27)12(2)23(21-11)10-16(25)20-15-5-3-4-13(6-15)8-22-9-14(18)7-19-22/h3-7,9H,8,10H2,1-2H3,(H,20,25). The molecule has 10 heteroatoms. The highest BCUT2D eigenvalue weighted by Crippen LogP contribution is 2.21. The summed E-state index contributed by atoms with van der Waals surface area (Å²) in [4.78, 5) is 22.9. The van der Waals surface area contributed by atoms with Gasteiger partial charge in [0.2, 0.25) is 5.91 Å². The molecule has 0 aliphatic heterocycles. The van der Waals surface area contributed by atoms with Crippen molar-refractivity contribution >= 4 is 28.9 Å². The summed E-state index contributed by atoms with van der Waals surface area (Å²) in [7, 11) is 0. The summed E-state index contributed by atoms with van der Waals surface area (Å²) in [5, 5.41) is 22.6. The van der Waals surface area contributed by atoms with Crippen molar-refractivity contribution in [3.8, 4) is 0 Å². The van der Waals surface area contributed by atoms with Gasteiger partial charge in [0.15, 0.2) is 0 Å². The van der Waals surface area contributed by atoms with Crippen LogP contribution in [0.1, 0.15) is 17.0 Å². The van der Waals surface area contributed by atoms with E-state index in [1.165, 1.54) is 4.68 Å². The number of nitro groups is 1. The molecule has 1 amide bonds. The van der Waals surface area contributed by atoms with Crippen molar-refractivity contribution < 1.29 is 9.72 Å². The van der Waals surface area contributed by atoms with E-state index in [2.05, 4.69) is 15.5 Å². The minimum absolute atomic E-state index is 0.0670. The van der Waals surface area contributed by atoms with Crippen LogP contribution in [0.2, 0.25) is 5.02 Å². The van der Waals surface area contributed by atoms with Gasteiger partial charge >= 0.3 is 5.69 Å². The van der Waals surface area contributed by atoms with E-state index in [-0.39, 0.29) is 23.8 Å². The molecule has 0 saturated heterocycles. The van der Waals surface area contributed by atoms with Crippen LogP contribution in [0.3, 0.4) is 0 Å². The van der Waals surface area contributed by atoms with Crippen LogP contribution in [0.25, 0.3) is 0 Å². The van der Waals surface area contributed by atoms with Crippen LogP contribution in [0.5, 0.6) is 0 Å². The first-order valence-corrected chi connectivity index (χ1v) is 8.46. The van der Waals surface area contributed by atoms with Crippen molar-refractivity contribution in [3.63, 3.8) is 0 Å². The summed E-state index contributed by atoms with van der Waals surface area (Å²) in [6.45, 7) is 3.52. The predicted molar refractivity (Wildman–Crippen MR) is 99.8 cm³/mol. The van der Waals surface area contributed by atoms with Gasteiger partial charge in [-0.05, 0) is 31.5 Å². The lowest BCUT2D eigenvalue weighted by Crippen LogP contribution is -2.20. The quantitative estimate of drug-likeness (QED) is 0.516. The summed E-state index contributed by atoms with van der Waals surface area (Å²) < 4.78 is 3.02. The Kier molecular flexibility index (Phi) is 5.22. The van der Waals surface area contributed by atoms with Crippen LogP contribution in [0.15, 0.2) is 36.7 Å². The largest absolute Gasteiger partial charge is 0.324 e. The highest BCUT2D eigenvalue weighted by molar-refractivity contribution is 6.30. The Balaban J connectivity index is 1.69. The van der Waals surface area contributed by atoms with E-state index < -0.39 is 4.92 Å². The van der Waals surface area contributed by atoms with Gasteiger partial charge < -0.3 is 5.32 Å². The van der Waals surface area contributed by atoms with Crippen LogP contribution in [-0.2, 0) is 17.9 Å². The summed E-state index contributed by atoms with van der Waals surface area (Å²) in [6.07, 6.45) is 3.27. The molecule has 0 radical (unpaired) electrons. The average Bonchev–Trinajstić information content (AvgIpc) is 3.10. The molecule has 140 valence electrons. The van der Waals surface area contributed by atoms with Crippen LogP contribution in [0.4, 0.5) is 11.4 Å². The van der Waals surface area contributed by atoms with E-state index in [0.29, 0.717) is 22.9 Å². The number of halogens is 1. The maximum atomic E-state index is 12.3. The highest BCUT2D eigenvalue weighted by atomic mass is 35.5. The summed E-state index contributed by atoms with van der Waals surface area (Å²) in [6, 6.07) is 7.33. The van der Waals surface area contributed by atoms with Crippen LogP contribution in [-0.4, -0.2) is 30.4 Å². The number of aromatic nitrogens is 4. The second kappa shape index (κ2) is 7.58. The van der Waals surface area contributed by atoms with Gasteiger partial charge in [0.25, 0.3) is 0 Å². The van der Waals surface area contributed by atoms with E-state index >= 15 is 0 Å². The number of nitrogens with one attached hydrogen (secondary N) is 1. The van der Waals surface area contributed by atoms with Crippen molar-refractivity contribution in [2.75, 3.05) is 5.32 Å². The third-order valence-corrected chi connectivity index (χ3v) is 4.17. The minimum Gasteiger partial charge on any atom is -0.324 e. The number of anilines is 1. The van der Waals surface area contributed by atoms with Gasteiger partial charge in [0.05, 0.1) is 22.7 Å². The Labute approximate surface area is 159 Å². The molecule has 0 bridgehead atoms. The predicted octanol–water partition coefficient (Wildman–Crippen LogP) is 2.95. The molecule has 3 aromatic rings. The number of carbonyl (C=O) groups is 1. The van der Waals surface area contributed by atoms with Crippen molar-refractivity contribution in [2.24, 2.45) is 0 Å². The molecular formula is C17H17ClN6O3. The van der Waals surface area contributed by atoms with Crippen molar-refractivity contribution in [3.05, 3.63) is 68.7 Å². The molecule has 0 aliphatic carbocycles. The molecule has 0 saturated carbocycles. The number of hydrogen-bond donors (Lipinski definition) is 1. The molecule has 2 heterocycles. The van der Waals surface area contributed by atoms with Crippen molar-refractivity contribution in [1.29, 1.82) is 0 Å². The molecule has 0 unspecified atom stereocenters. The number of aryl methyl sites for hydroxylation is 1. The Bertz CT molecular complexity index is 1010. The van der Waals surface area contributed by atoms with E-state index in [1.54, 1.807) is 37.0 Å². The first kappa shape index (κ1) is 18.6. The van der Waals surface area contributed by atoms with E-state index in [4.69, 9.17) is 11.6 Å². The normalized spacial score (nSPS) is 10.8. The Morgan fingerprint density at radius 2 is 2.15 bits per heavy atom. The zero-order valence-corrected chi connectivity index (χ0v) is 15.5. The Morgan fingerprint density at radius 1 is 1.37 bits per heavy atom. The second-order valence-electron chi connectivity index (χ2n) is 6.04. The maximum absolute atomic E-state index is 12.3. The fraction of sp³-hybridized carbons (Fsp3) is 0.235. The average molecular weight is 389 g/mol. The SMILES string of the molecule is Cc1nn(CC(=O)Nc2cccc(Cn3cc(Cl)cn3)c2)c(C)c1[N+](=O)[O-]. The number of benzene rings is 1. The molecule has 0 atom stereocenters. The number of hydrogen-bond acceptors (Lipinski definition) is 5. The maximum Gasteiger partial charge on any atom is 0.312 e. The van der Waals surface area contributed by atoms with E-state index in [1.807, 2.05) is 18.2 Å². The first-order chi connectivity index (χ1) is 12.8. The third-order valence-electron chi connectivity index (χ3n) is 3.98. The monoisotopic (exact) mass is 388 g/mol. The Morgan fingerprint density at radius 3 is 2.78 bits per heavy atom. The van der Waals surface area contributed by atoms with Crippen LogP contribution < -0.4 is 5.32 Å². The number of nitrogens with zero attached hydrogens (tertiary/aromatic N) is 5.